The van der Waals surface area contributed by atoms with E-state index in [2.05, 4.69) is 15.3 Å². The number of amides is 2. The molecule has 2 amide bonds. The quantitative estimate of drug-likeness (QED) is 0.341. The Balaban J connectivity index is 1.70. The molecule has 3 aromatic rings. The van der Waals surface area contributed by atoms with E-state index in [1.807, 2.05) is 26.0 Å². The van der Waals surface area contributed by atoms with Crippen LogP contribution in [0.4, 0.5) is 5.69 Å². The average Bonchev–Trinajstić information content (AvgIpc) is 3.21. The van der Waals surface area contributed by atoms with Crippen molar-refractivity contribution in [3.05, 3.63) is 47.8 Å². The van der Waals surface area contributed by atoms with Crippen LogP contribution in [0.3, 0.4) is 0 Å². The monoisotopic (exact) mass is 486 g/mol. The lowest BCUT2D eigenvalue weighted by atomic mass is 10.1. The number of fused-ring (bicyclic) bond motifs is 1. The van der Waals surface area contributed by atoms with E-state index in [1.165, 1.54) is 23.1 Å². The van der Waals surface area contributed by atoms with Crippen LogP contribution in [0.5, 0.6) is 0 Å². The molecule has 0 unspecified atom stereocenters. The minimum atomic E-state index is -0.430. The van der Waals surface area contributed by atoms with Crippen molar-refractivity contribution in [1.29, 1.82) is 0 Å². The van der Waals surface area contributed by atoms with Gasteiger partial charge in [-0.3, -0.25) is 19.4 Å². The molecular formula is C23H26N4O4S2. The molecule has 2 heterocycles. The lowest BCUT2D eigenvalue weighted by Gasteiger charge is -2.17. The Morgan fingerprint density at radius 3 is 2.67 bits per heavy atom. The van der Waals surface area contributed by atoms with Gasteiger partial charge in [0.15, 0.2) is 4.34 Å². The van der Waals surface area contributed by atoms with Gasteiger partial charge in [0.2, 0.25) is 5.91 Å². The van der Waals surface area contributed by atoms with Gasteiger partial charge >= 0.3 is 5.97 Å². The number of nitrogens with one attached hydrogen (secondary N) is 1. The molecule has 0 aliphatic rings. The van der Waals surface area contributed by atoms with Gasteiger partial charge in [-0.1, -0.05) is 11.8 Å². The Bertz CT molecular complexity index is 1140. The molecule has 8 nitrogen and oxygen atoms in total. The van der Waals surface area contributed by atoms with Crippen molar-refractivity contribution in [2.45, 2.75) is 31.5 Å². The minimum absolute atomic E-state index is 0.0713. The second-order valence-corrected chi connectivity index (χ2v) is 9.20. The lowest BCUT2D eigenvalue weighted by Crippen LogP contribution is -2.31. The van der Waals surface area contributed by atoms with Gasteiger partial charge in [0.25, 0.3) is 5.91 Å². The maximum atomic E-state index is 12.9. The number of carbonyl (C=O) groups is 3. The zero-order valence-electron chi connectivity index (χ0n) is 18.8. The van der Waals surface area contributed by atoms with Crippen molar-refractivity contribution in [3.8, 4) is 0 Å². The summed E-state index contributed by atoms with van der Waals surface area (Å²) in [6.07, 6.45) is 1.47. The van der Waals surface area contributed by atoms with Crippen LogP contribution in [0.15, 0.2) is 40.9 Å². The van der Waals surface area contributed by atoms with E-state index in [9.17, 15) is 14.4 Å². The summed E-state index contributed by atoms with van der Waals surface area (Å²) in [6, 6.07) is 8.74. The van der Waals surface area contributed by atoms with E-state index < -0.39 is 5.97 Å². The molecule has 33 heavy (non-hydrogen) atoms. The number of anilines is 1. The Hall–Kier alpha value is -2.98. The molecule has 3 rings (SSSR count). The van der Waals surface area contributed by atoms with Gasteiger partial charge in [0.1, 0.15) is 0 Å². The second-order valence-electron chi connectivity index (χ2n) is 6.95. The van der Waals surface area contributed by atoms with Gasteiger partial charge in [-0.15, -0.1) is 11.3 Å². The number of nitrogens with zero attached hydrogens (tertiary/aromatic N) is 3. The Kier molecular flexibility index (Phi) is 8.79. The molecule has 0 saturated carbocycles. The molecule has 0 aliphatic carbocycles. The maximum absolute atomic E-state index is 12.9. The van der Waals surface area contributed by atoms with Crippen molar-refractivity contribution in [2.24, 2.45) is 0 Å². The third-order valence-corrected chi connectivity index (χ3v) is 6.96. The van der Waals surface area contributed by atoms with Crippen LogP contribution in [0, 0.1) is 0 Å². The number of rotatable bonds is 10. The van der Waals surface area contributed by atoms with E-state index >= 15 is 0 Å². The molecule has 0 bridgehead atoms. The highest BCUT2D eigenvalue weighted by molar-refractivity contribution is 8.01. The third-order valence-electron chi connectivity index (χ3n) is 4.81. The van der Waals surface area contributed by atoms with Crippen LogP contribution in [0.2, 0.25) is 0 Å². The summed E-state index contributed by atoms with van der Waals surface area (Å²) >= 11 is 2.89. The fourth-order valence-electron chi connectivity index (χ4n) is 3.17. The van der Waals surface area contributed by atoms with E-state index in [4.69, 9.17) is 4.74 Å². The summed E-state index contributed by atoms with van der Waals surface area (Å²) in [7, 11) is 0. The minimum Gasteiger partial charge on any atom is -0.466 e. The van der Waals surface area contributed by atoms with Crippen LogP contribution in [-0.2, 0) is 20.7 Å². The fraction of sp³-hybridized carbons (Fsp3) is 0.348. The van der Waals surface area contributed by atoms with Crippen molar-refractivity contribution < 1.29 is 19.1 Å². The molecule has 0 spiro atoms. The van der Waals surface area contributed by atoms with Crippen molar-refractivity contribution >= 4 is 56.8 Å². The summed E-state index contributed by atoms with van der Waals surface area (Å²) in [4.78, 5) is 47.5. The number of pyridine rings is 1. The number of thioether (sulfide) groups is 1. The molecule has 1 N–H and O–H groups in total. The first-order chi connectivity index (χ1) is 15.9. The van der Waals surface area contributed by atoms with E-state index in [-0.39, 0.29) is 24.8 Å². The predicted octanol–water partition coefficient (Wildman–Crippen LogP) is 4.01. The van der Waals surface area contributed by atoms with Gasteiger partial charge in [-0.2, -0.15) is 0 Å². The van der Waals surface area contributed by atoms with Crippen LogP contribution in [0.25, 0.3) is 10.2 Å². The van der Waals surface area contributed by atoms with Crippen molar-refractivity contribution in [3.63, 3.8) is 0 Å². The molecule has 2 aromatic heterocycles. The lowest BCUT2D eigenvalue weighted by molar-refractivity contribution is -0.142. The average molecular weight is 487 g/mol. The number of hydrogen-bond acceptors (Lipinski definition) is 8. The van der Waals surface area contributed by atoms with E-state index in [0.717, 1.165) is 14.6 Å². The molecule has 0 radical (unpaired) electrons. The van der Waals surface area contributed by atoms with Gasteiger partial charge in [-0.25, -0.2) is 4.98 Å². The molecule has 0 aliphatic heterocycles. The molecular weight excluding hydrogens is 460 g/mol. The van der Waals surface area contributed by atoms with Crippen molar-refractivity contribution in [2.75, 3.05) is 30.8 Å². The van der Waals surface area contributed by atoms with Crippen LogP contribution in [-0.4, -0.2) is 58.1 Å². The smallest absolute Gasteiger partial charge is 0.311 e. The SMILES string of the molecule is CCOC(=O)Cc1ncccc1C(=O)Nc1ccc2nc(SCC(=O)N(CC)CC)sc2c1. The number of ether oxygens (including phenoxy) is 1. The number of benzene rings is 1. The molecule has 10 heteroatoms. The molecule has 0 saturated heterocycles. The van der Waals surface area contributed by atoms with Gasteiger partial charge < -0.3 is 15.0 Å². The van der Waals surface area contributed by atoms with Gasteiger partial charge in [0, 0.05) is 25.0 Å². The maximum Gasteiger partial charge on any atom is 0.311 e. The number of carbonyl (C=O) groups excluding carboxylic acids is 3. The number of aromatic nitrogens is 2. The third kappa shape index (κ3) is 6.52. The largest absolute Gasteiger partial charge is 0.466 e. The summed E-state index contributed by atoms with van der Waals surface area (Å²) in [6.45, 7) is 7.31. The number of hydrogen-bond donors (Lipinski definition) is 1. The zero-order chi connectivity index (χ0) is 23.8. The van der Waals surface area contributed by atoms with E-state index in [1.54, 1.807) is 36.2 Å². The Labute approximate surface area is 200 Å². The fourth-order valence-corrected chi connectivity index (χ4v) is 5.18. The second kappa shape index (κ2) is 11.8. The van der Waals surface area contributed by atoms with E-state index in [0.29, 0.717) is 35.8 Å². The highest BCUT2D eigenvalue weighted by Crippen LogP contribution is 2.31. The summed E-state index contributed by atoms with van der Waals surface area (Å²) < 4.78 is 6.68. The highest BCUT2D eigenvalue weighted by atomic mass is 32.2. The summed E-state index contributed by atoms with van der Waals surface area (Å²) in [5.74, 6) is -0.353. The first-order valence-electron chi connectivity index (χ1n) is 10.7. The first kappa shape index (κ1) is 24.7. The number of thiazole rings is 1. The summed E-state index contributed by atoms with van der Waals surface area (Å²) in [5.41, 5.74) is 2.10. The molecule has 174 valence electrons. The molecule has 0 fully saturated rings. The molecule has 0 atom stereocenters. The normalized spacial score (nSPS) is 10.8. The van der Waals surface area contributed by atoms with Gasteiger partial charge in [0.05, 0.1) is 40.3 Å². The topological polar surface area (TPSA) is 101 Å². The molecule has 1 aromatic carbocycles. The highest BCUT2D eigenvalue weighted by Gasteiger charge is 2.17. The van der Waals surface area contributed by atoms with Crippen LogP contribution in [0.1, 0.15) is 36.8 Å². The standard InChI is InChI=1S/C23H26N4O4S2/c1-4-27(5-2)20(28)14-32-23-26-17-10-9-15(12-19(17)33-23)25-22(30)16-8-7-11-24-18(16)13-21(29)31-6-3/h7-12H,4-6,13-14H2,1-3H3,(H,25,30). The first-order valence-corrected chi connectivity index (χ1v) is 12.5. The Morgan fingerprint density at radius 2 is 1.94 bits per heavy atom. The van der Waals surface area contributed by atoms with Crippen molar-refractivity contribution in [1.82, 2.24) is 14.9 Å². The van der Waals surface area contributed by atoms with Gasteiger partial charge in [-0.05, 0) is 51.1 Å². The zero-order valence-corrected chi connectivity index (χ0v) is 20.4. The van der Waals surface area contributed by atoms with Crippen LogP contribution >= 0.6 is 23.1 Å². The number of esters is 1. The van der Waals surface area contributed by atoms with Crippen LogP contribution < -0.4 is 5.32 Å². The Morgan fingerprint density at radius 1 is 1.15 bits per heavy atom. The predicted molar refractivity (Wildman–Crippen MR) is 131 cm³/mol. The summed E-state index contributed by atoms with van der Waals surface area (Å²) in [5, 5.41) is 2.87.